The van der Waals surface area contributed by atoms with Gasteiger partial charge in [-0.1, -0.05) is 0 Å². The van der Waals surface area contributed by atoms with E-state index in [4.69, 9.17) is 15.6 Å². The molecule has 2 unspecified atom stereocenters. The lowest BCUT2D eigenvalue weighted by atomic mass is 9.97. The van der Waals surface area contributed by atoms with Crippen LogP contribution in [-0.2, 0) is 4.74 Å². The van der Waals surface area contributed by atoms with Gasteiger partial charge in [-0.15, -0.1) is 0 Å². The lowest BCUT2D eigenvalue weighted by Gasteiger charge is -2.22. The highest BCUT2D eigenvalue weighted by atomic mass is 19.1. The Bertz CT molecular complexity index is 644. The molecule has 0 spiro atoms. The smallest absolute Gasteiger partial charge is 0.407 e. The number of benzene rings is 1. The quantitative estimate of drug-likeness (QED) is 0.484. The normalized spacial score (nSPS) is 13.8. The second-order valence-electron chi connectivity index (χ2n) is 6.49. The van der Waals surface area contributed by atoms with Crippen LogP contribution >= 0.6 is 0 Å². The van der Waals surface area contributed by atoms with E-state index in [1.807, 2.05) is 0 Å². The zero-order valence-electron chi connectivity index (χ0n) is 14.2. The minimum Gasteiger partial charge on any atom is -0.478 e. The molecule has 9 heteroatoms. The van der Waals surface area contributed by atoms with Gasteiger partial charge in [-0.2, -0.15) is 0 Å². The highest BCUT2D eigenvalue weighted by Gasteiger charge is 2.25. The maximum absolute atomic E-state index is 13.5. The number of alkyl carbamates (subject to hydrolysis) is 1. The van der Waals surface area contributed by atoms with E-state index in [1.165, 1.54) is 0 Å². The number of halogens is 1. The van der Waals surface area contributed by atoms with Gasteiger partial charge in [0.1, 0.15) is 17.5 Å². The van der Waals surface area contributed by atoms with Crippen molar-refractivity contribution in [2.75, 3.05) is 12.3 Å². The summed E-state index contributed by atoms with van der Waals surface area (Å²) in [6.07, 6.45) is -3.79. The van der Waals surface area contributed by atoms with Crippen molar-refractivity contribution in [1.82, 2.24) is 5.32 Å². The molecule has 1 rings (SSSR count). The van der Waals surface area contributed by atoms with Crippen molar-refractivity contribution < 1.29 is 34.0 Å². The van der Waals surface area contributed by atoms with Crippen molar-refractivity contribution in [2.24, 2.45) is 0 Å². The molecule has 0 aliphatic carbocycles. The lowest BCUT2D eigenvalue weighted by Crippen LogP contribution is -2.34. The Kier molecular flexibility index (Phi) is 6.71. The van der Waals surface area contributed by atoms with Crippen LogP contribution in [0.2, 0.25) is 0 Å². The number of ether oxygens (including phenoxy) is 1. The number of anilines is 1. The third kappa shape index (κ3) is 6.20. The van der Waals surface area contributed by atoms with Crippen LogP contribution in [0.1, 0.15) is 49.2 Å². The number of hydrogen-bond donors (Lipinski definition) is 5. The summed E-state index contributed by atoms with van der Waals surface area (Å²) in [7, 11) is 0. The maximum Gasteiger partial charge on any atom is 0.407 e. The fourth-order valence-electron chi connectivity index (χ4n) is 2.06. The Hall–Kier alpha value is -2.39. The molecule has 1 aromatic rings. The van der Waals surface area contributed by atoms with Crippen LogP contribution in [0.3, 0.4) is 0 Å². The Morgan fingerprint density at radius 3 is 2.44 bits per heavy atom. The van der Waals surface area contributed by atoms with Crippen LogP contribution in [0.25, 0.3) is 0 Å². The minimum absolute atomic E-state index is 0.0197. The average Bonchev–Trinajstić information content (AvgIpc) is 2.46. The molecule has 1 aromatic carbocycles. The number of rotatable bonds is 6. The molecular formula is C16H23FN2O6. The minimum atomic E-state index is -1.62. The van der Waals surface area contributed by atoms with Crippen LogP contribution in [0.4, 0.5) is 14.9 Å². The van der Waals surface area contributed by atoms with Gasteiger partial charge in [0.05, 0.1) is 17.4 Å². The number of nitrogens with two attached hydrogens (primary N) is 1. The number of aliphatic hydroxyl groups is 2. The van der Waals surface area contributed by atoms with Gasteiger partial charge in [0.25, 0.3) is 0 Å². The van der Waals surface area contributed by atoms with Gasteiger partial charge in [-0.25, -0.2) is 14.0 Å². The summed E-state index contributed by atoms with van der Waals surface area (Å²) < 4.78 is 18.5. The largest absolute Gasteiger partial charge is 0.478 e. The summed E-state index contributed by atoms with van der Waals surface area (Å²) in [6, 6.07) is 1.58. The highest BCUT2D eigenvalue weighted by molar-refractivity contribution is 5.94. The van der Waals surface area contributed by atoms with E-state index in [1.54, 1.807) is 20.8 Å². The molecule has 2 atom stereocenters. The molecule has 6 N–H and O–H groups in total. The number of carbonyl (C=O) groups is 2. The molecule has 1 amide bonds. The van der Waals surface area contributed by atoms with Crippen LogP contribution in [0.15, 0.2) is 12.1 Å². The van der Waals surface area contributed by atoms with E-state index in [-0.39, 0.29) is 24.2 Å². The van der Waals surface area contributed by atoms with Gasteiger partial charge in [0.15, 0.2) is 0 Å². The van der Waals surface area contributed by atoms with Crippen LogP contribution in [0, 0.1) is 5.82 Å². The Balaban J connectivity index is 2.73. The number of aliphatic hydroxyl groups excluding tert-OH is 2. The molecule has 8 nitrogen and oxygen atoms in total. The topological polar surface area (TPSA) is 142 Å². The third-order valence-corrected chi connectivity index (χ3v) is 3.20. The molecule has 0 heterocycles. The van der Waals surface area contributed by atoms with Crippen molar-refractivity contribution in [1.29, 1.82) is 0 Å². The standard InChI is InChI=1S/C16H23FN2O6/c1-16(2,3)25-15(24)19-5-4-11(20)13(21)9-6-8(17)7-10(12(9)18)14(22)23/h6-7,11,13,20-21H,4-5,18H2,1-3H3,(H,19,24)(H,22,23). The zero-order valence-corrected chi connectivity index (χ0v) is 14.2. The predicted octanol–water partition coefficient (Wildman–Crippen LogP) is 1.42. The van der Waals surface area contributed by atoms with Gasteiger partial charge in [-0.3, -0.25) is 0 Å². The fraction of sp³-hybridized carbons (Fsp3) is 0.500. The van der Waals surface area contributed by atoms with Crippen LogP contribution < -0.4 is 11.1 Å². The van der Waals surface area contributed by atoms with Gasteiger partial charge in [0.2, 0.25) is 0 Å². The summed E-state index contributed by atoms with van der Waals surface area (Å²) >= 11 is 0. The number of carbonyl (C=O) groups excluding carboxylic acids is 1. The van der Waals surface area contributed by atoms with Gasteiger partial charge in [-0.05, 0) is 39.3 Å². The van der Waals surface area contributed by atoms with Crippen molar-refractivity contribution in [2.45, 2.75) is 45.0 Å². The zero-order chi connectivity index (χ0) is 19.4. The molecule has 0 fully saturated rings. The Morgan fingerprint density at radius 2 is 1.92 bits per heavy atom. The van der Waals surface area contributed by atoms with E-state index in [0.717, 1.165) is 12.1 Å². The first-order chi connectivity index (χ1) is 11.4. The van der Waals surface area contributed by atoms with E-state index >= 15 is 0 Å². The van der Waals surface area contributed by atoms with Crippen molar-refractivity contribution in [3.05, 3.63) is 29.1 Å². The molecular weight excluding hydrogens is 335 g/mol. The van der Waals surface area contributed by atoms with Crippen molar-refractivity contribution in [3.63, 3.8) is 0 Å². The number of hydrogen-bond acceptors (Lipinski definition) is 6. The maximum atomic E-state index is 13.5. The molecule has 0 bridgehead atoms. The number of nitrogens with one attached hydrogen (secondary N) is 1. The third-order valence-electron chi connectivity index (χ3n) is 3.20. The van der Waals surface area contributed by atoms with Crippen molar-refractivity contribution in [3.8, 4) is 0 Å². The molecule has 0 saturated carbocycles. The number of nitrogen functional groups attached to an aromatic ring is 1. The highest BCUT2D eigenvalue weighted by Crippen LogP contribution is 2.28. The summed E-state index contributed by atoms with van der Waals surface area (Å²) in [4.78, 5) is 22.5. The predicted molar refractivity (Wildman–Crippen MR) is 87.6 cm³/mol. The summed E-state index contributed by atoms with van der Waals surface area (Å²) in [5.74, 6) is -2.36. The Labute approximate surface area is 144 Å². The lowest BCUT2D eigenvalue weighted by molar-refractivity contribution is 0.0125. The summed E-state index contributed by atoms with van der Waals surface area (Å²) in [5.41, 5.74) is 3.88. The molecule has 0 aromatic heterocycles. The number of amides is 1. The van der Waals surface area contributed by atoms with Gasteiger partial charge in [0, 0.05) is 12.1 Å². The van der Waals surface area contributed by atoms with Crippen LogP contribution in [0.5, 0.6) is 0 Å². The van der Waals surface area contributed by atoms with E-state index in [2.05, 4.69) is 5.32 Å². The second kappa shape index (κ2) is 8.13. The van der Waals surface area contributed by atoms with E-state index in [9.17, 15) is 24.2 Å². The monoisotopic (exact) mass is 358 g/mol. The first-order valence-electron chi connectivity index (χ1n) is 7.57. The second-order valence-corrected chi connectivity index (χ2v) is 6.49. The number of aromatic carboxylic acids is 1. The van der Waals surface area contributed by atoms with Gasteiger partial charge < -0.3 is 31.1 Å². The molecule has 0 saturated heterocycles. The van der Waals surface area contributed by atoms with E-state index in [0.29, 0.717) is 0 Å². The SMILES string of the molecule is CC(C)(C)OC(=O)NCCC(O)C(O)c1cc(F)cc(C(=O)O)c1N. The average molecular weight is 358 g/mol. The molecule has 0 radical (unpaired) electrons. The van der Waals surface area contributed by atoms with Crippen LogP contribution in [-0.4, -0.2) is 45.6 Å². The van der Waals surface area contributed by atoms with Gasteiger partial charge >= 0.3 is 12.1 Å². The summed E-state index contributed by atoms with van der Waals surface area (Å²) in [5, 5.41) is 31.5. The molecule has 140 valence electrons. The Morgan fingerprint density at radius 1 is 1.32 bits per heavy atom. The molecule has 0 aliphatic rings. The first-order valence-corrected chi connectivity index (χ1v) is 7.57. The number of carboxylic acids is 1. The van der Waals surface area contributed by atoms with E-state index < -0.39 is 41.3 Å². The molecule has 25 heavy (non-hydrogen) atoms. The molecule has 0 aliphatic heterocycles. The first kappa shape index (κ1) is 20.7. The fourth-order valence-corrected chi connectivity index (χ4v) is 2.06. The number of carboxylic acid groups (broad SMARTS) is 1. The van der Waals surface area contributed by atoms with Crippen molar-refractivity contribution >= 4 is 17.7 Å². The summed E-state index contributed by atoms with van der Waals surface area (Å²) in [6.45, 7) is 5.06.